The molecule has 0 heterocycles. The standard InChI is InChI=1S/C9H19N3S/c1-4-6-10-9(13)11-7-5-8-12(2)3/h4H,1,5-8H2,2-3H3,(H2,10,11,13). The molecule has 0 aromatic carbocycles. The van der Waals surface area contributed by atoms with Crippen molar-refractivity contribution in [3.63, 3.8) is 0 Å². The number of rotatable bonds is 6. The monoisotopic (exact) mass is 201 g/mol. The average molecular weight is 201 g/mol. The van der Waals surface area contributed by atoms with E-state index in [-0.39, 0.29) is 0 Å². The van der Waals surface area contributed by atoms with E-state index in [1.807, 2.05) is 0 Å². The largest absolute Gasteiger partial charge is 0.363 e. The molecule has 76 valence electrons. The van der Waals surface area contributed by atoms with E-state index in [0.29, 0.717) is 5.11 Å². The van der Waals surface area contributed by atoms with Crippen molar-refractivity contribution >= 4 is 17.3 Å². The zero-order valence-electron chi connectivity index (χ0n) is 8.47. The molecule has 0 aliphatic rings. The zero-order chi connectivity index (χ0) is 10.1. The number of nitrogens with one attached hydrogen (secondary N) is 2. The summed E-state index contributed by atoms with van der Waals surface area (Å²) in [6, 6.07) is 0. The maximum absolute atomic E-state index is 5.01. The van der Waals surface area contributed by atoms with E-state index in [4.69, 9.17) is 12.2 Å². The third kappa shape index (κ3) is 9.30. The van der Waals surface area contributed by atoms with Gasteiger partial charge < -0.3 is 15.5 Å². The fourth-order valence-corrected chi connectivity index (χ4v) is 1.01. The Labute approximate surface area is 86.2 Å². The van der Waals surface area contributed by atoms with Crippen LogP contribution in [0.15, 0.2) is 12.7 Å². The Morgan fingerprint density at radius 2 is 2.15 bits per heavy atom. The molecule has 0 rings (SSSR count). The van der Waals surface area contributed by atoms with Gasteiger partial charge in [-0.3, -0.25) is 0 Å². The molecule has 3 nitrogen and oxygen atoms in total. The molecule has 0 fully saturated rings. The van der Waals surface area contributed by atoms with Crippen molar-refractivity contribution in [3.8, 4) is 0 Å². The fraction of sp³-hybridized carbons (Fsp3) is 0.667. The predicted molar refractivity (Wildman–Crippen MR) is 62.0 cm³/mol. The van der Waals surface area contributed by atoms with Crippen LogP contribution in [0.25, 0.3) is 0 Å². The molecular weight excluding hydrogens is 182 g/mol. The molecule has 0 amide bonds. The molecule has 0 aromatic rings. The Kier molecular flexibility index (Phi) is 7.63. The lowest BCUT2D eigenvalue weighted by atomic mass is 10.4. The molecule has 0 aliphatic carbocycles. The molecule has 0 radical (unpaired) electrons. The smallest absolute Gasteiger partial charge is 0.166 e. The van der Waals surface area contributed by atoms with Crippen molar-refractivity contribution in [2.45, 2.75) is 6.42 Å². The van der Waals surface area contributed by atoms with Crippen LogP contribution in [0.1, 0.15) is 6.42 Å². The highest BCUT2D eigenvalue weighted by Gasteiger charge is 1.93. The summed E-state index contributed by atoms with van der Waals surface area (Å²) in [5.41, 5.74) is 0. The van der Waals surface area contributed by atoms with Gasteiger partial charge in [0.25, 0.3) is 0 Å². The van der Waals surface area contributed by atoms with Crippen molar-refractivity contribution in [1.29, 1.82) is 0 Å². The number of thiocarbonyl (C=S) groups is 1. The lowest BCUT2D eigenvalue weighted by molar-refractivity contribution is 0.400. The first kappa shape index (κ1) is 12.4. The van der Waals surface area contributed by atoms with Crippen molar-refractivity contribution in [1.82, 2.24) is 15.5 Å². The predicted octanol–water partition coefficient (Wildman–Crippen LogP) is 0.588. The van der Waals surface area contributed by atoms with E-state index in [1.165, 1.54) is 0 Å². The molecule has 0 unspecified atom stereocenters. The lowest BCUT2D eigenvalue weighted by Gasteiger charge is -2.11. The van der Waals surface area contributed by atoms with Crippen LogP contribution in [-0.2, 0) is 0 Å². The third-order valence-electron chi connectivity index (χ3n) is 1.47. The number of hydrogen-bond acceptors (Lipinski definition) is 2. The average Bonchev–Trinajstić information content (AvgIpc) is 2.08. The van der Waals surface area contributed by atoms with Crippen LogP contribution in [0.4, 0.5) is 0 Å². The highest BCUT2D eigenvalue weighted by atomic mass is 32.1. The molecule has 13 heavy (non-hydrogen) atoms. The molecule has 0 aliphatic heterocycles. The molecule has 0 bridgehead atoms. The van der Waals surface area contributed by atoms with Gasteiger partial charge in [-0.2, -0.15) is 0 Å². The van der Waals surface area contributed by atoms with Gasteiger partial charge in [-0.25, -0.2) is 0 Å². The van der Waals surface area contributed by atoms with Crippen LogP contribution in [0.3, 0.4) is 0 Å². The highest BCUT2D eigenvalue weighted by Crippen LogP contribution is 1.80. The minimum absolute atomic E-state index is 0.707. The minimum atomic E-state index is 0.707. The third-order valence-corrected chi connectivity index (χ3v) is 1.76. The van der Waals surface area contributed by atoms with Gasteiger partial charge in [-0.05, 0) is 39.3 Å². The van der Waals surface area contributed by atoms with Crippen LogP contribution in [0.2, 0.25) is 0 Å². The lowest BCUT2D eigenvalue weighted by Crippen LogP contribution is -2.36. The second-order valence-electron chi connectivity index (χ2n) is 3.08. The Bertz CT molecular complexity index is 157. The second-order valence-corrected chi connectivity index (χ2v) is 3.49. The summed E-state index contributed by atoms with van der Waals surface area (Å²) in [5, 5.41) is 6.83. The van der Waals surface area contributed by atoms with E-state index in [0.717, 1.165) is 26.1 Å². The first-order valence-corrected chi connectivity index (χ1v) is 4.85. The van der Waals surface area contributed by atoms with Gasteiger partial charge in [0.05, 0.1) is 0 Å². The van der Waals surface area contributed by atoms with E-state index < -0.39 is 0 Å². The highest BCUT2D eigenvalue weighted by molar-refractivity contribution is 7.80. The SMILES string of the molecule is C=CCNC(=S)NCCCN(C)C. The van der Waals surface area contributed by atoms with E-state index in [9.17, 15) is 0 Å². The van der Waals surface area contributed by atoms with Crippen LogP contribution in [0.5, 0.6) is 0 Å². The maximum Gasteiger partial charge on any atom is 0.166 e. The van der Waals surface area contributed by atoms with Gasteiger partial charge in [0.1, 0.15) is 0 Å². The van der Waals surface area contributed by atoms with Crippen LogP contribution in [0, 0.1) is 0 Å². The first-order valence-electron chi connectivity index (χ1n) is 4.44. The summed E-state index contributed by atoms with van der Waals surface area (Å²) in [6.07, 6.45) is 2.89. The maximum atomic E-state index is 5.01. The van der Waals surface area contributed by atoms with Gasteiger partial charge in [0.2, 0.25) is 0 Å². The van der Waals surface area contributed by atoms with Crippen molar-refractivity contribution in [2.75, 3.05) is 33.7 Å². The molecule has 0 saturated heterocycles. The topological polar surface area (TPSA) is 27.3 Å². The molecule has 0 saturated carbocycles. The van der Waals surface area contributed by atoms with Crippen LogP contribution in [-0.4, -0.2) is 43.7 Å². The van der Waals surface area contributed by atoms with Gasteiger partial charge in [-0.15, -0.1) is 6.58 Å². The van der Waals surface area contributed by atoms with E-state index >= 15 is 0 Å². The van der Waals surface area contributed by atoms with Gasteiger partial charge in [-0.1, -0.05) is 6.08 Å². The Morgan fingerprint density at radius 3 is 2.69 bits per heavy atom. The summed E-state index contributed by atoms with van der Waals surface area (Å²) in [5.74, 6) is 0. The number of hydrogen-bond donors (Lipinski definition) is 2. The summed E-state index contributed by atoms with van der Waals surface area (Å²) in [4.78, 5) is 2.15. The quantitative estimate of drug-likeness (QED) is 0.374. The summed E-state index contributed by atoms with van der Waals surface area (Å²) in [7, 11) is 4.13. The molecule has 0 atom stereocenters. The first-order chi connectivity index (χ1) is 6.16. The Balaban J connectivity index is 3.21. The zero-order valence-corrected chi connectivity index (χ0v) is 9.28. The minimum Gasteiger partial charge on any atom is -0.363 e. The molecular formula is C9H19N3S. The second kappa shape index (κ2) is 8.01. The Morgan fingerprint density at radius 1 is 1.46 bits per heavy atom. The van der Waals surface area contributed by atoms with E-state index in [1.54, 1.807) is 6.08 Å². The molecule has 4 heteroatoms. The van der Waals surface area contributed by atoms with Gasteiger partial charge in [0.15, 0.2) is 5.11 Å². The summed E-state index contributed by atoms with van der Waals surface area (Å²) in [6.45, 7) is 6.32. The molecule has 0 aromatic heterocycles. The molecule has 0 spiro atoms. The van der Waals surface area contributed by atoms with Crippen LogP contribution >= 0.6 is 12.2 Å². The Hall–Kier alpha value is -0.610. The normalized spacial score (nSPS) is 9.77. The molecule has 2 N–H and O–H groups in total. The van der Waals surface area contributed by atoms with Crippen molar-refractivity contribution < 1.29 is 0 Å². The van der Waals surface area contributed by atoms with Crippen LogP contribution < -0.4 is 10.6 Å². The number of nitrogens with zero attached hydrogens (tertiary/aromatic N) is 1. The van der Waals surface area contributed by atoms with Crippen molar-refractivity contribution in [2.24, 2.45) is 0 Å². The summed E-state index contributed by atoms with van der Waals surface area (Å²) < 4.78 is 0. The van der Waals surface area contributed by atoms with Gasteiger partial charge >= 0.3 is 0 Å². The van der Waals surface area contributed by atoms with E-state index in [2.05, 4.69) is 36.2 Å². The van der Waals surface area contributed by atoms with Gasteiger partial charge in [0, 0.05) is 13.1 Å². The fourth-order valence-electron chi connectivity index (χ4n) is 0.825. The van der Waals surface area contributed by atoms with Crippen molar-refractivity contribution in [3.05, 3.63) is 12.7 Å². The summed E-state index contributed by atoms with van der Waals surface area (Å²) >= 11 is 5.01.